The monoisotopic (exact) mass is 469 g/mol. The molecule has 1 amide bonds. The van der Waals surface area contributed by atoms with E-state index in [-0.39, 0.29) is 5.91 Å². The normalized spacial score (nSPS) is 11.0. The van der Waals surface area contributed by atoms with Crippen LogP contribution >= 0.6 is 0 Å². The van der Waals surface area contributed by atoms with Gasteiger partial charge in [-0.25, -0.2) is 4.98 Å². The Balaban J connectivity index is 1.24. The fraction of sp³-hybridized carbons (Fsp3) is 0.333. The van der Waals surface area contributed by atoms with Crippen molar-refractivity contribution in [2.45, 2.75) is 52.5 Å². The number of ether oxygens (including phenoxy) is 1. The maximum Gasteiger partial charge on any atom is 0.224 e. The number of nitrogens with one attached hydrogen (secondary N) is 1. The molecule has 1 N–H and O–H groups in total. The Labute approximate surface area is 208 Å². The molecular weight excluding hydrogens is 434 g/mol. The van der Waals surface area contributed by atoms with Gasteiger partial charge in [-0.1, -0.05) is 55.0 Å². The van der Waals surface area contributed by atoms with Crippen molar-refractivity contribution < 1.29 is 9.53 Å². The summed E-state index contributed by atoms with van der Waals surface area (Å²) < 4.78 is 8.29. The summed E-state index contributed by atoms with van der Waals surface area (Å²) in [4.78, 5) is 17.1. The smallest absolute Gasteiger partial charge is 0.224 e. The molecule has 1 heterocycles. The molecule has 182 valence electrons. The Morgan fingerprint density at radius 1 is 0.943 bits per heavy atom. The number of imidazole rings is 1. The number of hydrogen-bond acceptors (Lipinski definition) is 3. The predicted molar refractivity (Wildman–Crippen MR) is 142 cm³/mol. The summed E-state index contributed by atoms with van der Waals surface area (Å²) in [6.07, 6.45) is 4.41. The van der Waals surface area contributed by atoms with Crippen molar-refractivity contribution in [3.63, 3.8) is 0 Å². The molecule has 0 bridgehead atoms. The maximum absolute atomic E-state index is 12.2. The Hall–Kier alpha value is -3.60. The summed E-state index contributed by atoms with van der Waals surface area (Å²) in [6.45, 7) is 6.20. The van der Waals surface area contributed by atoms with E-state index < -0.39 is 0 Å². The maximum atomic E-state index is 12.2. The van der Waals surface area contributed by atoms with Crippen LogP contribution in [-0.2, 0) is 24.2 Å². The third-order valence-corrected chi connectivity index (χ3v) is 6.32. The van der Waals surface area contributed by atoms with E-state index >= 15 is 0 Å². The molecule has 4 rings (SSSR count). The third kappa shape index (κ3) is 6.95. The van der Waals surface area contributed by atoms with E-state index in [0.29, 0.717) is 19.6 Å². The van der Waals surface area contributed by atoms with E-state index in [1.807, 2.05) is 49.4 Å². The van der Waals surface area contributed by atoms with Gasteiger partial charge in [0.25, 0.3) is 0 Å². The molecule has 0 aliphatic rings. The minimum atomic E-state index is 0.0923. The molecule has 5 heteroatoms. The molecule has 0 aliphatic carbocycles. The molecule has 5 nitrogen and oxygen atoms in total. The number of nitrogens with zero attached hydrogens (tertiary/aromatic N) is 2. The van der Waals surface area contributed by atoms with Gasteiger partial charge < -0.3 is 14.6 Å². The molecule has 0 unspecified atom stereocenters. The second kappa shape index (κ2) is 12.2. The van der Waals surface area contributed by atoms with Crippen LogP contribution in [0.2, 0.25) is 0 Å². The van der Waals surface area contributed by atoms with Gasteiger partial charge in [0.05, 0.1) is 24.0 Å². The highest BCUT2D eigenvalue weighted by Gasteiger charge is 2.11. The molecule has 0 fully saturated rings. The van der Waals surface area contributed by atoms with Crippen LogP contribution in [0, 0.1) is 13.8 Å². The molecule has 0 saturated carbocycles. The van der Waals surface area contributed by atoms with Crippen LogP contribution in [0.4, 0.5) is 0 Å². The number of unbranched alkanes of at least 4 members (excludes halogenated alkanes) is 2. The van der Waals surface area contributed by atoms with Crippen molar-refractivity contribution in [3.05, 3.63) is 95.3 Å². The van der Waals surface area contributed by atoms with Gasteiger partial charge >= 0.3 is 0 Å². The molecule has 3 aromatic carbocycles. The summed E-state index contributed by atoms with van der Waals surface area (Å²) in [7, 11) is 0. The van der Waals surface area contributed by atoms with Gasteiger partial charge in [-0.2, -0.15) is 0 Å². The molecule has 0 aliphatic heterocycles. The third-order valence-electron chi connectivity index (χ3n) is 6.32. The van der Waals surface area contributed by atoms with Gasteiger partial charge in [-0.3, -0.25) is 4.79 Å². The number of carbonyl (C=O) groups excluding carboxylic acids is 1. The van der Waals surface area contributed by atoms with E-state index in [4.69, 9.17) is 9.72 Å². The predicted octanol–water partition coefficient (Wildman–Crippen LogP) is 5.80. The van der Waals surface area contributed by atoms with Crippen LogP contribution in [0.25, 0.3) is 11.0 Å². The van der Waals surface area contributed by atoms with E-state index in [1.165, 1.54) is 5.56 Å². The number of para-hydroxylation sites is 2. The highest BCUT2D eigenvalue weighted by Crippen LogP contribution is 2.19. The molecule has 35 heavy (non-hydrogen) atoms. The molecule has 0 saturated heterocycles. The number of aryl methyl sites for hydroxylation is 3. The van der Waals surface area contributed by atoms with Crippen LogP contribution in [0.5, 0.6) is 5.75 Å². The van der Waals surface area contributed by atoms with Crippen LogP contribution in [-0.4, -0.2) is 28.6 Å². The highest BCUT2D eigenvalue weighted by molar-refractivity contribution is 5.78. The van der Waals surface area contributed by atoms with Crippen molar-refractivity contribution >= 4 is 16.9 Å². The molecule has 4 aromatic rings. The average Bonchev–Trinajstić information content (AvgIpc) is 3.20. The van der Waals surface area contributed by atoms with Gasteiger partial charge in [0.2, 0.25) is 5.91 Å². The highest BCUT2D eigenvalue weighted by atomic mass is 16.5. The second-order valence-corrected chi connectivity index (χ2v) is 9.10. The van der Waals surface area contributed by atoms with Crippen LogP contribution < -0.4 is 10.1 Å². The fourth-order valence-corrected chi connectivity index (χ4v) is 4.38. The van der Waals surface area contributed by atoms with Crippen molar-refractivity contribution in [1.29, 1.82) is 0 Å². The van der Waals surface area contributed by atoms with Crippen LogP contribution in [0.3, 0.4) is 0 Å². The van der Waals surface area contributed by atoms with Crippen molar-refractivity contribution in [2.24, 2.45) is 0 Å². The first-order valence-corrected chi connectivity index (χ1v) is 12.5. The van der Waals surface area contributed by atoms with Gasteiger partial charge in [-0.05, 0) is 67.6 Å². The van der Waals surface area contributed by atoms with E-state index in [9.17, 15) is 4.79 Å². The Bertz CT molecular complexity index is 1260. The fourth-order valence-electron chi connectivity index (χ4n) is 4.38. The molecule has 0 radical (unpaired) electrons. The number of hydrogen-bond donors (Lipinski definition) is 1. The van der Waals surface area contributed by atoms with Crippen LogP contribution in [0.1, 0.15) is 41.8 Å². The summed E-state index contributed by atoms with van der Waals surface area (Å²) in [6, 6.07) is 24.5. The van der Waals surface area contributed by atoms with Crippen molar-refractivity contribution in [1.82, 2.24) is 14.9 Å². The first-order chi connectivity index (χ1) is 17.1. The zero-order chi connectivity index (χ0) is 24.5. The van der Waals surface area contributed by atoms with Gasteiger partial charge in [-0.15, -0.1) is 0 Å². The van der Waals surface area contributed by atoms with Gasteiger partial charge in [0.15, 0.2) is 0 Å². The number of rotatable bonds is 12. The van der Waals surface area contributed by atoms with Gasteiger partial charge in [0, 0.05) is 13.0 Å². The lowest BCUT2D eigenvalue weighted by molar-refractivity contribution is -0.120. The lowest BCUT2D eigenvalue weighted by Crippen LogP contribution is -2.26. The minimum Gasteiger partial charge on any atom is -0.492 e. The lowest BCUT2D eigenvalue weighted by atomic mass is 10.1. The average molecular weight is 470 g/mol. The SMILES string of the molecule is Cc1cccc(OCCn2c(CCCCCNC(=O)Cc3ccccc3C)nc3ccccc32)c1. The van der Waals surface area contributed by atoms with E-state index in [1.54, 1.807) is 0 Å². The van der Waals surface area contributed by atoms with Crippen molar-refractivity contribution in [3.8, 4) is 5.75 Å². The summed E-state index contributed by atoms with van der Waals surface area (Å²) in [5, 5.41) is 3.06. The number of carbonyl (C=O) groups is 1. The zero-order valence-electron chi connectivity index (χ0n) is 20.8. The number of amides is 1. The molecular formula is C30H35N3O2. The Morgan fingerprint density at radius 2 is 1.77 bits per heavy atom. The quantitative estimate of drug-likeness (QED) is 0.267. The van der Waals surface area contributed by atoms with Crippen molar-refractivity contribution in [2.75, 3.05) is 13.2 Å². The second-order valence-electron chi connectivity index (χ2n) is 9.10. The zero-order valence-corrected chi connectivity index (χ0v) is 20.8. The minimum absolute atomic E-state index is 0.0923. The number of benzene rings is 3. The summed E-state index contributed by atoms with van der Waals surface area (Å²) in [5.41, 5.74) is 5.63. The summed E-state index contributed by atoms with van der Waals surface area (Å²) in [5.74, 6) is 2.10. The summed E-state index contributed by atoms with van der Waals surface area (Å²) >= 11 is 0. The van der Waals surface area contributed by atoms with E-state index in [0.717, 1.165) is 66.0 Å². The van der Waals surface area contributed by atoms with Gasteiger partial charge in [0.1, 0.15) is 18.2 Å². The molecule has 0 atom stereocenters. The molecule has 1 aromatic heterocycles. The first kappa shape index (κ1) is 24.5. The first-order valence-electron chi connectivity index (χ1n) is 12.5. The number of fused-ring (bicyclic) bond motifs is 1. The van der Waals surface area contributed by atoms with Crippen LogP contribution in [0.15, 0.2) is 72.8 Å². The Kier molecular flexibility index (Phi) is 8.55. The topological polar surface area (TPSA) is 56.1 Å². The largest absolute Gasteiger partial charge is 0.492 e. The number of aromatic nitrogens is 2. The Morgan fingerprint density at radius 3 is 2.63 bits per heavy atom. The van der Waals surface area contributed by atoms with E-state index in [2.05, 4.69) is 47.1 Å². The standard InChI is InChI=1S/C30H35N3O2/c1-23-11-10-14-26(21-23)35-20-19-33-28-16-8-7-15-27(28)32-29(33)17-4-3-9-18-31-30(34)22-25-13-6-5-12-24(25)2/h5-8,10-16,21H,3-4,9,17-20,22H2,1-2H3,(H,31,34). The lowest BCUT2D eigenvalue weighted by Gasteiger charge is -2.11. The molecule has 0 spiro atoms.